The fourth-order valence-corrected chi connectivity index (χ4v) is 1.79. The van der Waals surface area contributed by atoms with Crippen molar-refractivity contribution in [2.75, 3.05) is 0 Å². The molecule has 1 unspecified atom stereocenters. The van der Waals surface area contributed by atoms with Gasteiger partial charge in [0.05, 0.1) is 0 Å². The van der Waals surface area contributed by atoms with Crippen molar-refractivity contribution >= 4 is 5.97 Å². The average Bonchev–Trinajstić information content (AvgIpc) is 3.04. The lowest BCUT2D eigenvalue weighted by atomic mass is 10.0. The average molecular weight is 220 g/mol. The van der Waals surface area contributed by atoms with Gasteiger partial charge in [0.1, 0.15) is 5.75 Å². The molecule has 1 aliphatic rings. The van der Waals surface area contributed by atoms with Crippen molar-refractivity contribution in [1.29, 1.82) is 0 Å². The largest absolute Gasteiger partial charge is 0.478 e. The molecule has 1 N–H and O–H groups in total. The van der Waals surface area contributed by atoms with Gasteiger partial charge in [-0.05, 0) is 38.8 Å². The summed E-state index contributed by atoms with van der Waals surface area (Å²) in [6.07, 6.45) is 1.88. The van der Waals surface area contributed by atoms with Crippen LogP contribution in [0.15, 0.2) is 24.3 Å². The van der Waals surface area contributed by atoms with Crippen molar-refractivity contribution < 1.29 is 14.6 Å². The number of aryl methyl sites for hydroxylation is 1. The van der Waals surface area contributed by atoms with E-state index in [1.807, 2.05) is 31.2 Å². The molecule has 0 amide bonds. The fraction of sp³-hybridized carbons (Fsp3) is 0.462. The number of ether oxygens (including phenoxy) is 1. The quantitative estimate of drug-likeness (QED) is 0.848. The molecule has 0 bridgehead atoms. The Hall–Kier alpha value is -1.51. The van der Waals surface area contributed by atoms with Crippen LogP contribution in [0.25, 0.3) is 0 Å². The smallest absolute Gasteiger partial charge is 0.348 e. The zero-order valence-electron chi connectivity index (χ0n) is 9.56. The van der Waals surface area contributed by atoms with Gasteiger partial charge in [-0.3, -0.25) is 0 Å². The van der Waals surface area contributed by atoms with Crippen LogP contribution < -0.4 is 4.74 Å². The molecule has 0 aromatic heterocycles. The van der Waals surface area contributed by atoms with Crippen molar-refractivity contribution in [2.24, 2.45) is 5.92 Å². The van der Waals surface area contributed by atoms with Gasteiger partial charge in [-0.25, -0.2) is 4.79 Å². The normalized spacial score (nSPS) is 18.9. The summed E-state index contributed by atoms with van der Waals surface area (Å²) in [5.41, 5.74) is 0.0609. The molecule has 0 radical (unpaired) electrons. The highest BCUT2D eigenvalue weighted by molar-refractivity contribution is 5.78. The van der Waals surface area contributed by atoms with Gasteiger partial charge < -0.3 is 9.84 Å². The maximum Gasteiger partial charge on any atom is 0.348 e. The first-order valence-electron chi connectivity index (χ1n) is 5.51. The molecule has 3 heteroatoms. The second-order valence-electron chi connectivity index (χ2n) is 4.60. The van der Waals surface area contributed by atoms with Crippen LogP contribution in [0.1, 0.15) is 25.3 Å². The Kier molecular flexibility index (Phi) is 2.62. The van der Waals surface area contributed by atoms with Crippen LogP contribution in [0.4, 0.5) is 0 Å². The second-order valence-corrected chi connectivity index (χ2v) is 4.60. The van der Waals surface area contributed by atoms with E-state index in [9.17, 15) is 9.90 Å². The molecule has 3 nitrogen and oxygen atoms in total. The van der Waals surface area contributed by atoms with Crippen molar-refractivity contribution in [3.63, 3.8) is 0 Å². The second kappa shape index (κ2) is 3.81. The summed E-state index contributed by atoms with van der Waals surface area (Å²) in [6.45, 7) is 3.65. The lowest BCUT2D eigenvalue weighted by Gasteiger charge is -2.26. The number of rotatable bonds is 4. The lowest BCUT2D eigenvalue weighted by Crippen LogP contribution is -2.43. The summed E-state index contributed by atoms with van der Waals surface area (Å²) in [6, 6.07) is 7.48. The van der Waals surface area contributed by atoms with Gasteiger partial charge in [0.25, 0.3) is 0 Å². The summed E-state index contributed by atoms with van der Waals surface area (Å²) in [7, 11) is 0. The molecule has 0 aliphatic heterocycles. The highest BCUT2D eigenvalue weighted by Gasteiger charge is 2.49. The van der Waals surface area contributed by atoms with Gasteiger partial charge in [-0.1, -0.05) is 17.7 Å². The summed E-state index contributed by atoms with van der Waals surface area (Å²) in [5.74, 6) is -0.107. The first-order chi connectivity index (χ1) is 7.52. The minimum absolute atomic E-state index is 0.145. The van der Waals surface area contributed by atoms with Crippen molar-refractivity contribution in [3.05, 3.63) is 29.8 Å². The zero-order chi connectivity index (χ0) is 11.8. The Morgan fingerprint density at radius 3 is 2.38 bits per heavy atom. The Morgan fingerprint density at radius 2 is 1.94 bits per heavy atom. The van der Waals surface area contributed by atoms with E-state index >= 15 is 0 Å². The predicted octanol–water partition coefficient (Wildman–Crippen LogP) is 2.63. The van der Waals surface area contributed by atoms with E-state index in [1.54, 1.807) is 6.92 Å². The number of carboxylic acids is 1. The molecule has 0 saturated heterocycles. The third kappa shape index (κ3) is 2.03. The number of hydrogen-bond donors (Lipinski definition) is 1. The number of benzene rings is 1. The topological polar surface area (TPSA) is 46.5 Å². The minimum atomic E-state index is -1.07. The SMILES string of the molecule is Cc1ccc(OC(C)(C(=O)O)C2CC2)cc1. The van der Waals surface area contributed by atoms with E-state index in [-0.39, 0.29) is 5.92 Å². The summed E-state index contributed by atoms with van der Waals surface area (Å²) in [5, 5.41) is 9.23. The van der Waals surface area contributed by atoms with E-state index in [0.29, 0.717) is 5.75 Å². The highest BCUT2D eigenvalue weighted by Crippen LogP contribution is 2.42. The molecule has 1 fully saturated rings. The van der Waals surface area contributed by atoms with Crippen molar-refractivity contribution in [2.45, 2.75) is 32.3 Å². The number of carboxylic acid groups (broad SMARTS) is 1. The summed E-state index contributed by atoms with van der Waals surface area (Å²) in [4.78, 5) is 11.2. The molecule has 16 heavy (non-hydrogen) atoms. The fourth-order valence-electron chi connectivity index (χ4n) is 1.79. The van der Waals surface area contributed by atoms with Crippen LogP contribution in [0, 0.1) is 12.8 Å². The van der Waals surface area contributed by atoms with Gasteiger partial charge in [0.2, 0.25) is 5.60 Å². The van der Waals surface area contributed by atoms with Crippen LogP contribution in [0.3, 0.4) is 0 Å². The van der Waals surface area contributed by atoms with Crippen molar-refractivity contribution in [3.8, 4) is 5.75 Å². The van der Waals surface area contributed by atoms with E-state index in [4.69, 9.17) is 4.74 Å². The standard InChI is InChI=1S/C13H16O3/c1-9-3-7-11(8-4-9)16-13(2,12(14)15)10-5-6-10/h3-4,7-8,10H,5-6H2,1-2H3,(H,14,15). The number of hydrogen-bond acceptors (Lipinski definition) is 2. The predicted molar refractivity (Wildman–Crippen MR) is 60.6 cm³/mol. The molecular formula is C13H16O3. The van der Waals surface area contributed by atoms with Gasteiger partial charge in [0.15, 0.2) is 0 Å². The maximum atomic E-state index is 11.2. The molecule has 1 atom stereocenters. The molecule has 1 aliphatic carbocycles. The Bertz CT molecular complexity index is 392. The minimum Gasteiger partial charge on any atom is -0.478 e. The Balaban J connectivity index is 2.17. The number of aliphatic carboxylic acids is 1. The van der Waals surface area contributed by atoms with Crippen molar-refractivity contribution in [1.82, 2.24) is 0 Å². The van der Waals surface area contributed by atoms with Gasteiger partial charge >= 0.3 is 5.97 Å². The first kappa shape index (κ1) is 11.0. The Morgan fingerprint density at radius 1 is 1.38 bits per heavy atom. The zero-order valence-corrected chi connectivity index (χ0v) is 9.56. The monoisotopic (exact) mass is 220 g/mol. The summed E-state index contributed by atoms with van der Waals surface area (Å²) >= 11 is 0. The van der Waals surface area contributed by atoms with Crippen LogP contribution in [-0.4, -0.2) is 16.7 Å². The molecule has 0 spiro atoms. The van der Waals surface area contributed by atoms with Crippen LogP contribution in [0.2, 0.25) is 0 Å². The maximum absolute atomic E-state index is 11.2. The van der Waals surface area contributed by atoms with Gasteiger partial charge in [-0.15, -0.1) is 0 Å². The van der Waals surface area contributed by atoms with Gasteiger partial charge in [-0.2, -0.15) is 0 Å². The summed E-state index contributed by atoms with van der Waals surface area (Å²) < 4.78 is 5.64. The Labute approximate surface area is 95.0 Å². The first-order valence-corrected chi connectivity index (χ1v) is 5.51. The van der Waals surface area contributed by atoms with E-state index in [0.717, 1.165) is 18.4 Å². The molecule has 1 aromatic rings. The van der Waals surface area contributed by atoms with Crippen LogP contribution in [-0.2, 0) is 4.79 Å². The van der Waals surface area contributed by atoms with E-state index in [1.165, 1.54) is 0 Å². The third-order valence-electron chi connectivity index (χ3n) is 3.13. The molecule has 2 rings (SSSR count). The molecule has 0 heterocycles. The van der Waals surface area contributed by atoms with Gasteiger partial charge in [0, 0.05) is 5.92 Å². The van der Waals surface area contributed by atoms with E-state index in [2.05, 4.69) is 0 Å². The molecule has 1 saturated carbocycles. The number of carbonyl (C=O) groups is 1. The molecule has 1 aromatic carbocycles. The highest BCUT2D eigenvalue weighted by atomic mass is 16.5. The van der Waals surface area contributed by atoms with Crippen LogP contribution in [0.5, 0.6) is 5.75 Å². The van der Waals surface area contributed by atoms with Crippen LogP contribution >= 0.6 is 0 Å². The third-order valence-corrected chi connectivity index (χ3v) is 3.13. The molecular weight excluding hydrogens is 204 g/mol. The lowest BCUT2D eigenvalue weighted by molar-refractivity contribution is -0.155. The van der Waals surface area contributed by atoms with E-state index < -0.39 is 11.6 Å². The molecule has 86 valence electrons.